The lowest BCUT2D eigenvalue weighted by atomic mass is 10.1. The van der Waals surface area contributed by atoms with Crippen molar-refractivity contribution in [1.82, 2.24) is 4.90 Å². The summed E-state index contributed by atoms with van der Waals surface area (Å²) in [5, 5.41) is 0.335. The number of hydrogen-bond donors (Lipinski definition) is 1. The Balaban J connectivity index is 2.42. The third kappa shape index (κ3) is 5.10. The molecule has 0 aliphatic rings. The van der Waals surface area contributed by atoms with Gasteiger partial charge in [-0.2, -0.15) is 0 Å². The second kappa shape index (κ2) is 7.44. The first-order valence-electron chi connectivity index (χ1n) is 6.14. The van der Waals surface area contributed by atoms with Crippen LogP contribution in [0.1, 0.15) is 18.1 Å². The van der Waals surface area contributed by atoms with Crippen LogP contribution in [0.15, 0.2) is 24.3 Å². The van der Waals surface area contributed by atoms with Gasteiger partial charge in [0.25, 0.3) is 0 Å². The maximum absolute atomic E-state index is 11.9. The van der Waals surface area contributed by atoms with E-state index in [2.05, 4.69) is 31.2 Å². The number of rotatable bonds is 6. The number of aryl methyl sites for hydroxylation is 1. The molecule has 2 N–H and O–H groups in total. The van der Waals surface area contributed by atoms with E-state index < -0.39 is 0 Å². The predicted molar refractivity (Wildman–Crippen MR) is 78.6 cm³/mol. The molecule has 0 bridgehead atoms. The van der Waals surface area contributed by atoms with Gasteiger partial charge < -0.3 is 10.6 Å². The number of nitrogens with zero attached hydrogens (tertiary/aromatic N) is 1. The van der Waals surface area contributed by atoms with Gasteiger partial charge in [-0.3, -0.25) is 4.79 Å². The van der Waals surface area contributed by atoms with Crippen LogP contribution < -0.4 is 5.73 Å². The Labute approximate surface area is 114 Å². The van der Waals surface area contributed by atoms with E-state index in [1.165, 1.54) is 5.56 Å². The molecule has 0 spiro atoms. The molecule has 0 aliphatic carbocycles. The zero-order valence-corrected chi connectivity index (χ0v) is 12.2. The largest absolute Gasteiger partial charge is 0.341 e. The molecule has 0 aromatic heterocycles. The van der Waals surface area contributed by atoms with Gasteiger partial charge in [-0.1, -0.05) is 36.8 Å². The summed E-state index contributed by atoms with van der Waals surface area (Å²) in [4.78, 5) is 13.7. The molecule has 1 amide bonds. The molecule has 3 nitrogen and oxygen atoms in total. The number of benzene rings is 1. The fraction of sp³-hybridized carbons (Fsp3) is 0.500. The van der Waals surface area contributed by atoms with Crippen molar-refractivity contribution in [2.24, 2.45) is 5.73 Å². The van der Waals surface area contributed by atoms with Crippen LogP contribution in [-0.2, 0) is 11.3 Å². The van der Waals surface area contributed by atoms with Crippen molar-refractivity contribution >= 4 is 17.7 Å². The minimum Gasteiger partial charge on any atom is -0.341 e. The fourth-order valence-electron chi connectivity index (χ4n) is 1.45. The lowest BCUT2D eigenvalue weighted by molar-refractivity contribution is -0.127. The lowest BCUT2D eigenvalue weighted by Crippen LogP contribution is -2.29. The number of nitrogens with two attached hydrogens (primary N) is 1. The van der Waals surface area contributed by atoms with E-state index in [0.717, 1.165) is 5.56 Å². The zero-order valence-electron chi connectivity index (χ0n) is 11.3. The molecule has 4 heteroatoms. The summed E-state index contributed by atoms with van der Waals surface area (Å²) in [5.41, 5.74) is 7.92. The average molecular weight is 266 g/mol. The summed E-state index contributed by atoms with van der Waals surface area (Å²) in [6.07, 6.45) is 0. The van der Waals surface area contributed by atoms with Gasteiger partial charge in [0.2, 0.25) is 5.91 Å². The summed E-state index contributed by atoms with van der Waals surface area (Å²) >= 11 is 1.61. The molecule has 1 rings (SSSR count). The van der Waals surface area contributed by atoms with E-state index in [0.29, 0.717) is 24.1 Å². The van der Waals surface area contributed by atoms with Crippen molar-refractivity contribution < 1.29 is 4.79 Å². The summed E-state index contributed by atoms with van der Waals surface area (Å²) in [7, 11) is 1.84. The first-order valence-corrected chi connectivity index (χ1v) is 7.19. The summed E-state index contributed by atoms with van der Waals surface area (Å²) in [6.45, 7) is 5.37. The van der Waals surface area contributed by atoms with E-state index in [1.807, 2.05) is 14.0 Å². The average Bonchev–Trinajstić information content (AvgIpc) is 2.38. The van der Waals surface area contributed by atoms with Crippen LogP contribution in [-0.4, -0.2) is 35.4 Å². The van der Waals surface area contributed by atoms with Crippen molar-refractivity contribution in [3.8, 4) is 0 Å². The molecular formula is C14H22N2OS. The van der Waals surface area contributed by atoms with Crippen LogP contribution in [0.2, 0.25) is 0 Å². The SMILES string of the molecule is Cc1ccc(CN(C)C(=O)CSC(C)CN)cc1. The number of carbonyl (C=O) groups is 1. The second-order valence-electron chi connectivity index (χ2n) is 4.59. The molecule has 0 fully saturated rings. The zero-order chi connectivity index (χ0) is 13.5. The van der Waals surface area contributed by atoms with Gasteiger partial charge in [0.1, 0.15) is 0 Å². The summed E-state index contributed by atoms with van der Waals surface area (Å²) in [5.74, 6) is 0.654. The molecule has 1 atom stereocenters. The Morgan fingerprint density at radius 3 is 2.56 bits per heavy atom. The second-order valence-corrected chi connectivity index (χ2v) is 6.02. The molecule has 0 radical (unpaired) electrons. The van der Waals surface area contributed by atoms with Crippen LogP contribution >= 0.6 is 11.8 Å². The van der Waals surface area contributed by atoms with E-state index in [-0.39, 0.29) is 5.91 Å². The predicted octanol–water partition coefficient (Wildman–Crippen LogP) is 2.03. The van der Waals surface area contributed by atoms with Gasteiger partial charge in [-0.05, 0) is 12.5 Å². The van der Waals surface area contributed by atoms with Crippen LogP contribution in [0.3, 0.4) is 0 Å². The minimum atomic E-state index is 0.154. The van der Waals surface area contributed by atoms with Crippen molar-refractivity contribution in [2.45, 2.75) is 25.6 Å². The van der Waals surface area contributed by atoms with Gasteiger partial charge in [0.05, 0.1) is 5.75 Å². The van der Waals surface area contributed by atoms with Gasteiger partial charge in [0.15, 0.2) is 0 Å². The maximum Gasteiger partial charge on any atom is 0.232 e. The van der Waals surface area contributed by atoms with E-state index in [4.69, 9.17) is 5.73 Å². The highest BCUT2D eigenvalue weighted by atomic mass is 32.2. The van der Waals surface area contributed by atoms with Gasteiger partial charge in [0, 0.05) is 25.4 Å². The van der Waals surface area contributed by atoms with Crippen LogP contribution in [0.5, 0.6) is 0 Å². The molecular weight excluding hydrogens is 244 g/mol. The first kappa shape index (κ1) is 15.1. The Hall–Kier alpha value is -1.00. The van der Waals surface area contributed by atoms with Crippen LogP contribution in [0.25, 0.3) is 0 Å². The van der Waals surface area contributed by atoms with E-state index >= 15 is 0 Å². The standard InChI is InChI=1S/C14H22N2OS/c1-11-4-6-13(7-5-11)9-16(3)14(17)10-18-12(2)8-15/h4-7,12H,8-10,15H2,1-3H3. The maximum atomic E-state index is 11.9. The molecule has 0 saturated heterocycles. The lowest BCUT2D eigenvalue weighted by Gasteiger charge is -2.18. The Morgan fingerprint density at radius 2 is 2.00 bits per heavy atom. The van der Waals surface area contributed by atoms with Gasteiger partial charge in [-0.15, -0.1) is 11.8 Å². The highest BCUT2D eigenvalue weighted by molar-refractivity contribution is 8.00. The molecule has 100 valence electrons. The number of carbonyl (C=O) groups excluding carboxylic acids is 1. The smallest absolute Gasteiger partial charge is 0.232 e. The van der Waals surface area contributed by atoms with Gasteiger partial charge in [-0.25, -0.2) is 0 Å². The highest BCUT2D eigenvalue weighted by Crippen LogP contribution is 2.11. The van der Waals surface area contributed by atoms with Crippen molar-refractivity contribution in [2.75, 3.05) is 19.3 Å². The van der Waals surface area contributed by atoms with E-state index in [1.54, 1.807) is 16.7 Å². The molecule has 0 saturated carbocycles. The number of hydrogen-bond acceptors (Lipinski definition) is 3. The van der Waals surface area contributed by atoms with E-state index in [9.17, 15) is 4.79 Å². The third-order valence-electron chi connectivity index (χ3n) is 2.79. The third-order valence-corrected chi connectivity index (χ3v) is 3.96. The quantitative estimate of drug-likeness (QED) is 0.857. The van der Waals surface area contributed by atoms with Crippen LogP contribution in [0.4, 0.5) is 0 Å². The molecule has 18 heavy (non-hydrogen) atoms. The van der Waals surface area contributed by atoms with Crippen molar-refractivity contribution in [1.29, 1.82) is 0 Å². The van der Waals surface area contributed by atoms with Crippen molar-refractivity contribution in [3.63, 3.8) is 0 Å². The fourth-order valence-corrected chi connectivity index (χ4v) is 2.23. The van der Waals surface area contributed by atoms with Crippen molar-refractivity contribution in [3.05, 3.63) is 35.4 Å². The summed E-state index contributed by atoms with van der Waals surface area (Å²) in [6, 6.07) is 8.27. The normalized spacial score (nSPS) is 12.2. The molecule has 1 aromatic carbocycles. The Bertz CT molecular complexity index is 378. The minimum absolute atomic E-state index is 0.154. The highest BCUT2D eigenvalue weighted by Gasteiger charge is 2.11. The van der Waals surface area contributed by atoms with Crippen LogP contribution in [0, 0.1) is 6.92 Å². The van der Waals surface area contributed by atoms with Gasteiger partial charge >= 0.3 is 0 Å². The topological polar surface area (TPSA) is 46.3 Å². The molecule has 0 aliphatic heterocycles. The number of thioether (sulfide) groups is 1. The molecule has 1 unspecified atom stereocenters. The summed E-state index contributed by atoms with van der Waals surface area (Å²) < 4.78 is 0. The Kier molecular flexibility index (Phi) is 6.22. The first-order chi connectivity index (χ1) is 8.52. The monoisotopic (exact) mass is 266 g/mol. The molecule has 0 heterocycles. The molecule has 1 aromatic rings. The number of amides is 1. The Morgan fingerprint density at radius 1 is 1.39 bits per heavy atom.